The summed E-state index contributed by atoms with van der Waals surface area (Å²) >= 11 is 0. The molecule has 0 fully saturated rings. The van der Waals surface area contributed by atoms with Gasteiger partial charge >= 0.3 is 11.0 Å². The number of aromatic nitrogens is 1. The van der Waals surface area contributed by atoms with Crippen molar-refractivity contribution >= 4 is 23.8 Å². The lowest BCUT2D eigenvalue weighted by atomic mass is 10.5. The lowest BCUT2D eigenvalue weighted by Crippen LogP contribution is -2.48. The van der Waals surface area contributed by atoms with Gasteiger partial charge in [-0.3, -0.25) is 0 Å². The summed E-state index contributed by atoms with van der Waals surface area (Å²) in [5.74, 6) is 0. The first kappa shape index (κ1) is 18.7. The number of nitrogens with zero attached hydrogens (tertiary/aromatic N) is 1. The average Bonchev–Trinajstić information content (AvgIpc) is 2.34. The third kappa shape index (κ3) is 3.52. The van der Waals surface area contributed by atoms with Gasteiger partial charge in [-0.05, 0) is 0 Å². The van der Waals surface area contributed by atoms with E-state index in [-0.39, 0.29) is 0 Å². The summed E-state index contributed by atoms with van der Waals surface area (Å²) in [6.07, 6.45) is 1.88. The standard InChI is InChI=1S/C9H7F6NO4S2/c10-8(11,12)21(17,18)7(22(19,20)9(13,14)15)6-16-4-2-1-3-5-16/h1-5H,6H2/p+1. The Hall–Kier alpha value is -1.34. The first-order valence-corrected chi connectivity index (χ1v) is 8.15. The minimum Gasteiger partial charge on any atom is -0.306 e. The van der Waals surface area contributed by atoms with Crippen LogP contribution in [0.15, 0.2) is 30.6 Å². The smallest absolute Gasteiger partial charge is 0.306 e. The maximum Gasteiger partial charge on any atom is 0.502 e. The fourth-order valence-electron chi connectivity index (χ4n) is 1.27. The molecule has 0 radical (unpaired) electrons. The Morgan fingerprint density at radius 2 is 1.36 bits per heavy atom. The molecule has 13 heteroatoms. The summed E-state index contributed by atoms with van der Waals surface area (Å²) in [5.41, 5.74) is -12.2. The van der Waals surface area contributed by atoms with Gasteiger partial charge in [-0.25, -0.2) is 12.6 Å². The van der Waals surface area contributed by atoms with Gasteiger partial charge in [0.25, 0.3) is 9.84 Å². The van der Waals surface area contributed by atoms with Crippen LogP contribution in [0.2, 0.25) is 0 Å². The van der Waals surface area contributed by atoms with Crippen LogP contribution in [0, 0.1) is 0 Å². The molecular formula is C9H8F6NO4S2+. The van der Waals surface area contributed by atoms with Crippen molar-refractivity contribution in [2.45, 2.75) is 17.6 Å². The summed E-state index contributed by atoms with van der Waals surface area (Å²) in [7, 11) is -13.1. The van der Waals surface area contributed by atoms with Crippen molar-refractivity contribution in [3.05, 3.63) is 30.6 Å². The van der Waals surface area contributed by atoms with Gasteiger partial charge in [0.15, 0.2) is 18.9 Å². The van der Waals surface area contributed by atoms with Gasteiger partial charge in [0.2, 0.25) is 14.0 Å². The Labute approximate surface area is 120 Å². The zero-order valence-electron chi connectivity index (χ0n) is 10.3. The second-order valence-corrected chi connectivity index (χ2v) is 8.07. The van der Waals surface area contributed by atoms with E-state index in [0.717, 1.165) is 12.4 Å². The third-order valence-corrected chi connectivity index (χ3v) is 6.36. The monoisotopic (exact) mass is 372 g/mol. The molecule has 1 N–H and O–H groups in total. The quantitative estimate of drug-likeness (QED) is 0.483. The topological polar surface area (TPSA) is 75.3 Å². The Bertz CT molecular complexity index is 760. The molecule has 1 aromatic rings. The number of halogens is 6. The first-order valence-electron chi connectivity index (χ1n) is 5.15. The number of pyridine rings is 1. The molecule has 0 aliphatic heterocycles. The van der Waals surface area contributed by atoms with Gasteiger partial charge in [-0.15, -0.1) is 0 Å². The van der Waals surface area contributed by atoms with Crippen molar-refractivity contribution in [1.82, 2.24) is 0 Å². The van der Waals surface area contributed by atoms with E-state index in [9.17, 15) is 39.0 Å². The average molecular weight is 372 g/mol. The van der Waals surface area contributed by atoms with Crippen molar-refractivity contribution in [3.8, 4) is 0 Å². The normalized spacial score (nSPS) is 16.1. The number of hydrogen-bond acceptors (Lipinski definition) is 3. The Balaban J connectivity index is 3.71. The highest BCUT2D eigenvalue weighted by Crippen LogP contribution is 2.31. The summed E-state index contributed by atoms with van der Waals surface area (Å²) in [5, 5.41) is 0. The van der Waals surface area contributed by atoms with Crippen LogP contribution in [0.1, 0.15) is 0 Å². The van der Waals surface area contributed by atoms with E-state index in [1.165, 1.54) is 18.2 Å². The first-order chi connectivity index (χ1) is 9.71. The largest absolute Gasteiger partial charge is 0.502 e. The van der Waals surface area contributed by atoms with Crippen molar-refractivity contribution in [2.75, 3.05) is 0 Å². The van der Waals surface area contributed by atoms with Crippen LogP contribution in [-0.2, 0) is 26.2 Å². The van der Waals surface area contributed by atoms with E-state index in [1.54, 1.807) is 0 Å². The van der Waals surface area contributed by atoms with Crippen LogP contribution in [-0.4, -0.2) is 32.4 Å². The van der Waals surface area contributed by atoms with Crippen LogP contribution in [0.25, 0.3) is 0 Å². The highest BCUT2D eigenvalue weighted by molar-refractivity contribution is 8.22. The molecule has 1 rings (SSSR count). The van der Waals surface area contributed by atoms with Gasteiger partial charge in [0.1, 0.15) is 0 Å². The fourth-order valence-corrected chi connectivity index (χ4v) is 4.18. The molecule has 0 aliphatic rings. The molecule has 22 heavy (non-hydrogen) atoms. The number of rotatable bonds is 2. The Kier molecular flexibility index (Phi) is 4.85. The molecule has 1 aromatic heterocycles. The third-order valence-electron chi connectivity index (χ3n) is 2.32. The summed E-state index contributed by atoms with van der Waals surface area (Å²) in [6, 6.07) is 3.73. The minimum atomic E-state index is -6.63. The molecule has 1 atom stereocenters. The van der Waals surface area contributed by atoms with E-state index in [2.05, 4.69) is 0 Å². The second kappa shape index (κ2) is 5.70. The van der Waals surface area contributed by atoms with Crippen molar-refractivity contribution in [3.63, 3.8) is 0 Å². The second-order valence-electron chi connectivity index (χ2n) is 3.84. The molecule has 0 spiro atoms. The fraction of sp³-hybridized carbons (Fsp3) is 0.333. The van der Waals surface area contributed by atoms with Crippen LogP contribution < -0.4 is 4.57 Å². The van der Waals surface area contributed by atoms with Gasteiger partial charge in [-0.2, -0.15) is 30.9 Å². The van der Waals surface area contributed by atoms with Crippen molar-refractivity contribution < 1.29 is 48.1 Å². The van der Waals surface area contributed by atoms with E-state index < -0.39 is 41.4 Å². The molecule has 126 valence electrons. The molecule has 5 nitrogen and oxygen atoms in total. The zero-order valence-corrected chi connectivity index (χ0v) is 11.9. The molecule has 0 aromatic carbocycles. The summed E-state index contributed by atoms with van der Waals surface area (Å²) in [4.78, 5) is 0. The molecule has 0 aliphatic carbocycles. The van der Waals surface area contributed by atoms with Crippen LogP contribution in [0.5, 0.6) is 0 Å². The number of alkyl halides is 6. The summed E-state index contributed by atoms with van der Waals surface area (Å²) in [6.45, 7) is -1.57. The van der Waals surface area contributed by atoms with Crippen LogP contribution in [0.3, 0.4) is 0 Å². The van der Waals surface area contributed by atoms with Crippen molar-refractivity contribution in [2.24, 2.45) is 0 Å². The lowest BCUT2D eigenvalue weighted by molar-refractivity contribution is -0.681. The molecule has 1 unspecified atom stereocenters. The van der Waals surface area contributed by atoms with Gasteiger partial charge in [0, 0.05) is 12.1 Å². The SMILES string of the molecule is O=S(=O)(C(C[n+]1ccccc1)=S(=O)(O)C(F)(F)F)C(F)(F)F. The van der Waals surface area contributed by atoms with Gasteiger partial charge in [0.05, 0.1) is 0 Å². The predicted octanol–water partition coefficient (Wildman–Crippen LogP) is 1.32. The predicted molar refractivity (Wildman–Crippen MR) is 63.4 cm³/mol. The Morgan fingerprint density at radius 3 is 1.73 bits per heavy atom. The molecule has 1 heterocycles. The molecule has 0 amide bonds. The van der Waals surface area contributed by atoms with Gasteiger partial charge in [-0.1, -0.05) is 6.07 Å². The summed E-state index contributed by atoms with van der Waals surface area (Å²) < 4.78 is 116. The highest BCUT2D eigenvalue weighted by atomic mass is 32.3. The number of sulfone groups is 1. The van der Waals surface area contributed by atoms with Crippen molar-refractivity contribution in [1.29, 1.82) is 0 Å². The van der Waals surface area contributed by atoms with Gasteiger partial charge < -0.3 is 4.55 Å². The maximum atomic E-state index is 12.5. The lowest BCUT2D eigenvalue weighted by Gasteiger charge is -2.15. The highest BCUT2D eigenvalue weighted by Gasteiger charge is 2.56. The minimum absolute atomic E-state index is 0.597. The maximum absolute atomic E-state index is 12.5. The molecule has 0 saturated heterocycles. The Morgan fingerprint density at radius 1 is 0.909 bits per heavy atom. The number of hydrogen-bond donors (Lipinski definition) is 1. The van der Waals surface area contributed by atoms with E-state index >= 15 is 0 Å². The van der Waals surface area contributed by atoms with Crippen LogP contribution in [0.4, 0.5) is 26.3 Å². The molecule has 0 bridgehead atoms. The molecular weight excluding hydrogens is 364 g/mol. The zero-order chi connectivity index (χ0) is 17.4. The van der Waals surface area contributed by atoms with E-state index in [0.29, 0.717) is 4.57 Å². The molecule has 0 saturated carbocycles. The van der Waals surface area contributed by atoms with E-state index in [1.807, 2.05) is 0 Å². The van der Waals surface area contributed by atoms with E-state index in [4.69, 9.17) is 4.55 Å². The van der Waals surface area contributed by atoms with Crippen LogP contribution >= 0.6 is 0 Å².